The fourth-order valence-corrected chi connectivity index (χ4v) is 2.38. The van der Waals surface area contributed by atoms with Crippen LogP contribution >= 0.6 is 0 Å². The molecule has 0 aliphatic heterocycles. The van der Waals surface area contributed by atoms with Crippen LogP contribution in [0.15, 0.2) is 24.4 Å². The van der Waals surface area contributed by atoms with Gasteiger partial charge in [0.1, 0.15) is 0 Å². The average molecular weight is 271 g/mol. The van der Waals surface area contributed by atoms with Gasteiger partial charge in [-0.2, -0.15) is 0 Å². The number of hydrogen-bond donors (Lipinski definition) is 2. The van der Waals surface area contributed by atoms with E-state index in [4.69, 9.17) is 5.11 Å². The maximum Gasteiger partial charge on any atom is 0.354 e. The third-order valence-corrected chi connectivity index (χ3v) is 3.28. The Bertz CT molecular complexity index is 882. The van der Waals surface area contributed by atoms with Gasteiger partial charge in [-0.25, -0.2) is 9.78 Å². The molecular weight excluding hydrogens is 262 g/mol. The lowest BCUT2D eigenvalue weighted by Crippen LogP contribution is -2.03. The molecule has 100 valence electrons. The van der Waals surface area contributed by atoms with Gasteiger partial charge in [0.05, 0.1) is 16.6 Å². The summed E-state index contributed by atoms with van der Waals surface area (Å²) in [4.78, 5) is 28.5. The van der Waals surface area contributed by atoms with Gasteiger partial charge in [0.2, 0.25) is 0 Å². The van der Waals surface area contributed by atoms with E-state index in [1.807, 2.05) is 0 Å². The van der Waals surface area contributed by atoms with Crippen molar-refractivity contribution >= 4 is 33.5 Å². The Morgan fingerprint density at radius 3 is 2.80 bits per heavy atom. The molecule has 2 heterocycles. The molecule has 0 radical (unpaired) electrons. The quantitative estimate of drug-likeness (QED) is 0.550. The number of aromatic amines is 1. The second-order valence-electron chi connectivity index (χ2n) is 4.44. The van der Waals surface area contributed by atoms with Crippen LogP contribution < -0.4 is 0 Å². The number of carbonyl (C=O) groups is 1. The Kier molecular flexibility index (Phi) is 2.43. The zero-order valence-corrected chi connectivity index (χ0v) is 10.4. The van der Waals surface area contributed by atoms with Crippen molar-refractivity contribution in [2.24, 2.45) is 0 Å². The minimum Gasteiger partial charge on any atom is -0.477 e. The van der Waals surface area contributed by atoms with Crippen LogP contribution in [0.2, 0.25) is 0 Å². The normalized spacial score (nSPS) is 11.1. The van der Waals surface area contributed by atoms with E-state index in [0.29, 0.717) is 27.4 Å². The summed E-state index contributed by atoms with van der Waals surface area (Å²) in [6.07, 6.45) is 1.43. The summed E-state index contributed by atoms with van der Waals surface area (Å²) in [7, 11) is 0. The topological polar surface area (TPSA) is 109 Å². The van der Waals surface area contributed by atoms with Crippen molar-refractivity contribution in [1.82, 2.24) is 9.97 Å². The lowest BCUT2D eigenvalue weighted by atomic mass is 10.1. The van der Waals surface area contributed by atoms with E-state index < -0.39 is 10.9 Å². The highest BCUT2D eigenvalue weighted by atomic mass is 16.6. The molecule has 0 spiro atoms. The SMILES string of the molecule is Cc1c(C(=O)O)ncc2[nH]c3ccc([N+](=O)[O-])cc3c12. The van der Waals surface area contributed by atoms with Crippen LogP contribution in [-0.2, 0) is 0 Å². The highest BCUT2D eigenvalue weighted by Crippen LogP contribution is 2.31. The summed E-state index contributed by atoms with van der Waals surface area (Å²) >= 11 is 0. The maximum absolute atomic E-state index is 11.1. The van der Waals surface area contributed by atoms with Crippen LogP contribution in [-0.4, -0.2) is 26.0 Å². The Morgan fingerprint density at radius 2 is 2.15 bits per heavy atom. The second kappa shape index (κ2) is 4.02. The van der Waals surface area contributed by atoms with Crippen LogP contribution in [0.5, 0.6) is 0 Å². The second-order valence-corrected chi connectivity index (χ2v) is 4.44. The monoisotopic (exact) mass is 271 g/mol. The van der Waals surface area contributed by atoms with Crippen molar-refractivity contribution in [2.75, 3.05) is 0 Å². The Morgan fingerprint density at radius 1 is 1.40 bits per heavy atom. The molecule has 7 heteroatoms. The number of rotatable bonds is 2. The zero-order chi connectivity index (χ0) is 14.4. The summed E-state index contributed by atoms with van der Waals surface area (Å²) in [6, 6.07) is 4.44. The predicted octanol–water partition coefficient (Wildman–Crippen LogP) is 2.63. The minimum atomic E-state index is -1.12. The summed E-state index contributed by atoms with van der Waals surface area (Å²) in [5, 5.41) is 21.2. The van der Waals surface area contributed by atoms with E-state index in [1.54, 1.807) is 13.0 Å². The van der Waals surface area contributed by atoms with Crippen LogP contribution in [0.4, 0.5) is 5.69 Å². The van der Waals surface area contributed by atoms with Crippen molar-refractivity contribution in [3.63, 3.8) is 0 Å². The van der Waals surface area contributed by atoms with E-state index >= 15 is 0 Å². The van der Waals surface area contributed by atoms with Crippen LogP contribution in [0.1, 0.15) is 16.1 Å². The van der Waals surface area contributed by atoms with Gasteiger partial charge in [-0.1, -0.05) is 0 Å². The number of nitrogens with zero attached hydrogens (tertiary/aromatic N) is 2. The van der Waals surface area contributed by atoms with Gasteiger partial charge in [0.25, 0.3) is 5.69 Å². The smallest absolute Gasteiger partial charge is 0.354 e. The molecule has 2 N–H and O–H groups in total. The average Bonchev–Trinajstić information content (AvgIpc) is 2.76. The molecule has 3 aromatic rings. The number of carboxylic acid groups (broad SMARTS) is 1. The van der Waals surface area contributed by atoms with Gasteiger partial charge in [-0.05, 0) is 18.6 Å². The van der Waals surface area contributed by atoms with Crippen molar-refractivity contribution in [3.8, 4) is 0 Å². The fraction of sp³-hybridized carbons (Fsp3) is 0.0769. The van der Waals surface area contributed by atoms with E-state index in [-0.39, 0.29) is 11.4 Å². The summed E-state index contributed by atoms with van der Waals surface area (Å²) < 4.78 is 0. The van der Waals surface area contributed by atoms with Crippen LogP contribution in [0.25, 0.3) is 21.8 Å². The van der Waals surface area contributed by atoms with Crippen LogP contribution in [0.3, 0.4) is 0 Å². The van der Waals surface area contributed by atoms with Crippen molar-refractivity contribution in [1.29, 1.82) is 0 Å². The van der Waals surface area contributed by atoms with Crippen molar-refractivity contribution in [3.05, 3.63) is 45.8 Å². The third-order valence-electron chi connectivity index (χ3n) is 3.28. The molecule has 0 amide bonds. The van der Waals surface area contributed by atoms with Gasteiger partial charge in [0.15, 0.2) is 5.69 Å². The molecule has 7 nitrogen and oxygen atoms in total. The van der Waals surface area contributed by atoms with Crippen molar-refractivity contribution < 1.29 is 14.8 Å². The number of carboxylic acids is 1. The van der Waals surface area contributed by atoms with E-state index in [1.165, 1.54) is 18.3 Å². The summed E-state index contributed by atoms with van der Waals surface area (Å²) in [5.41, 5.74) is 1.76. The highest BCUT2D eigenvalue weighted by Gasteiger charge is 2.17. The number of nitrogens with one attached hydrogen (secondary N) is 1. The minimum absolute atomic E-state index is 0.0357. The predicted molar refractivity (Wildman–Crippen MR) is 72.0 cm³/mol. The molecule has 20 heavy (non-hydrogen) atoms. The Hall–Kier alpha value is -2.96. The molecular formula is C13H9N3O4. The number of benzene rings is 1. The standard InChI is InChI=1S/C13H9N3O4/c1-6-11-8-4-7(16(19)20)2-3-9(8)15-10(11)5-14-12(6)13(17)18/h2-5,15H,1H3,(H,17,18). The van der Waals surface area contributed by atoms with Gasteiger partial charge in [-0.3, -0.25) is 10.1 Å². The van der Waals surface area contributed by atoms with E-state index in [2.05, 4.69) is 9.97 Å². The number of hydrogen-bond acceptors (Lipinski definition) is 4. The lowest BCUT2D eigenvalue weighted by Gasteiger charge is -2.01. The number of nitro benzene ring substituents is 1. The summed E-state index contributed by atoms with van der Waals surface area (Å²) in [5.74, 6) is -1.12. The first-order valence-electron chi connectivity index (χ1n) is 5.78. The zero-order valence-electron chi connectivity index (χ0n) is 10.4. The molecule has 1 aromatic carbocycles. The molecule has 0 aliphatic carbocycles. The third kappa shape index (κ3) is 1.60. The first-order chi connectivity index (χ1) is 9.49. The van der Waals surface area contributed by atoms with Gasteiger partial charge in [0, 0.05) is 28.4 Å². The number of pyridine rings is 1. The van der Waals surface area contributed by atoms with Gasteiger partial charge in [-0.15, -0.1) is 0 Å². The largest absolute Gasteiger partial charge is 0.477 e. The van der Waals surface area contributed by atoms with E-state index in [0.717, 1.165) is 0 Å². The molecule has 0 bridgehead atoms. The first kappa shape index (κ1) is 12.1. The molecule has 0 saturated heterocycles. The van der Waals surface area contributed by atoms with Gasteiger partial charge >= 0.3 is 5.97 Å². The molecule has 3 rings (SSSR count). The molecule has 2 aromatic heterocycles. The number of nitro groups is 1. The molecule has 0 fully saturated rings. The van der Waals surface area contributed by atoms with Crippen LogP contribution in [0, 0.1) is 17.0 Å². The highest BCUT2D eigenvalue weighted by molar-refractivity contribution is 6.11. The number of H-pyrrole nitrogens is 1. The number of aromatic nitrogens is 2. The number of aryl methyl sites for hydroxylation is 1. The van der Waals surface area contributed by atoms with Crippen molar-refractivity contribution in [2.45, 2.75) is 6.92 Å². The first-order valence-corrected chi connectivity index (χ1v) is 5.78. The maximum atomic E-state index is 11.1. The fourth-order valence-electron chi connectivity index (χ4n) is 2.38. The lowest BCUT2D eigenvalue weighted by molar-refractivity contribution is -0.384. The molecule has 0 aliphatic rings. The Balaban J connectivity index is 2.45. The molecule has 0 saturated carbocycles. The van der Waals surface area contributed by atoms with E-state index in [9.17, 15) is 14.9 Å². The number of non-ortho nitro benzene ring substituents is 1. The molecule has 0 unspecified atom stereocenters. The number of aromatic carboxylic acids is 1. The number of fused-ring (bicyclic) bond motifs is 3. The summed E-state index contributed by atoms with van der Waals surface area (Å²) in [6.45, 7) is 1.64. The molecule has 0 atom stereocenters. The Labute approximate surface area is 112 Å². The van der Waals surface area contributed by atoms with Gasteiger partial charge < -0.3 is 10.1 Å².